The van der Waals surface area contributed by atoms with Crippen LogP contribution < -0.4 is 0 Å². The van der Waals surface area contributed by atoms with Crippen LogP contribution in [0.3, 0.4) is 0 Å². The Hall–Kier alpha value is -1.56. The van der Waals surface area contributed by atoms with Gasteiger partial charge in [-0.25, -0.2) is 0 Å². The number of rotatable bonds is 4. The van der Waals surface area contributed by atoms with Gasteiger partial charge in [-0.1, -0.05) is 65.8 Å². The van der Waals surface area contributed by atoms with E-state index in [0.29, 0.717) is 0 Å². The van der Waals surface area contributed by atoms with Crippen molar-refractivity contribution in [3.05, 3.63) is 65.3 Å². The first kappa shape index (κ1) is 12.5. The molecule has 0 aliphatic carbocycles. The van der Waals surface area contributed by atoms with Crippen molar-refractivity contribution in [2.45, 2.75) is 27.2 Å². The van der Waals surface area contributed by atoms with Gasteiger partial charge in [-0.3, -0.25) is 0 Å². The van der Waals surface area contributed by atoms with E-state index in [4.69, 9.17) is 0 Å². The molecule has 1 rings (SSSR count). The van der Waals surface area contributed by atoms with E-state index in [1.54, 1.807) is 0 Å². The molecule has 0 aliphatic rings. The molecule has 0 fully saturated rings. The molecule has 0 spiro atoms. The highest BCUT2D eigenvalue weighted by atomic mass is 13.9. The van der Waals surface area contributed by atoms with Crippen molar-refractivity contribution in [2.75, 3.05) is 0 Å². The molecule has 84 valence electrons. The topological polar surface area (TPSA) is 0 Å². The Labute approximate surface area is 99.0 Å². The second-order valence-corrected chi connectivity index (χ2v) is 4.18. The summed E-state index contributed by atoms with van der Waals surface area (Å²) in [6, 6.07) is 10.3. The van der Waals surface area contributed by atoms with E-state index >= 15 is 0 Å². The fraction of sp³-hybridized carbons (Fsp3) is 0.250. The Kier molecular flexibility index (Phi) is 5.35. The maximum absolute atomic E-state index is 2.20. The summed E-state index contributed by atoms with van der Waals surface area (Å²) < 4.78 is 0. The first-order chi connectivity index (χ1) is 7.70. The Morgan fingerprint density at radius 3 is 2.31 bits per heavy atom. The van der Waals surface area contributed by atoms with Crippen LogP contribution >= 0.6 is 0 Å². The molecular weight excluding hydrogens is 192 g/mol. The molecule has 1 aromatic carbocycles. The lowest BCUT2D eigenvalue weighted by Crippen LogP contribution is -1.76. The molecule has 0 aromatic heterocycles. The van der Waals surface area contributed by atoms with Gasteiger partial charge in [-0.2, -0.15) is 0 Å². The fourth-order valence-electron chi connectivity index (χ4n) is 1.26. The van der Waals surface area contributed by atoms with Crippen LogP contribution in [0, 0.1) is 0 Å². The molecule has 1 aromatic rings. The van der Waals surface area contributed by atoms with Crippen LogP contribution in [0.15, 0.2) is 59.7 Å². The summed E-state index contributed by atoms with van der Waals surface area (Å²) in [5.41, 5.74) is 4.10. The van der Waals surface area contributed by atoms with Gasteiger partial charge in [0.25, 0.3) is 0 Å². The molecule has 0 bridgehead atoms. The second kappa shape index (κ2) is 6.84. The van der Waals surface area contributed by atoms with Gasteiger partial charge in [-0.05, 0) is 32.8 Å². The van der Waals surface area contributed by atoms with Crippen molar-refractivity contribution in [1.82, 2.24) is 0 Å². The third-order valence-electron chi connectivity index (χ3n) is 2.61. The molecule has 0 heterocycles. The summed E-state index contributed by atoms with van der Waals surface area (Å²) >= 11 is 0. The van der Waals surface area contributed by atoms with Gasteiger partial charge >= 0.3 is 0 Å². The zero-order valence-corrected chi connectivity index (χ0v) is 10.4. The van der Waals surface area contributed by atoms with E-state index in [0.717, 1.165) is 6.42 Å². The summed E-state index contributed by atoms with van der Waals surface area (Å²) in [4.78, 5) is 0. The molecule has 0 saturated carbocycles. The lowest BCUT2D eigenvalue weighted by Gasteiger charge is -1.97. The molecule has 0 heteroatoms. The lowest BCUT2D eigenvalue weighted by atomic mass is 10.1. The molecule has 0 N–H and O–H groups in total. The quantitative estimate of drug-likeness (QED) is 0.486. The van der Waals surface area contributed by atoms with E-state index in [9.17, 15) is 0 Å². The predicted molar refractivity (Wildman–Crippen MR) is 73.3 cm³/mol. The largest absolute Gasteiger partial charge is 0.0805 e. The standard InChI is InChI=1S/C16H20/c1-14(2)15(3)10-6-4-7-11-16-12-8-5-9-13-16/h4-9,11-13H,10H2,1-3H3/b6-4+,11-7+. The lowest BCUT2D eigenvalue weighted by molar-refractivity contribution is 1.13. The van der Waals surface area contributed by atoms with Crippen molar-refractivity contribution < 1.29 is 0 Å². The maximum atomic E-state index is 2.20. The number of benzene rings is 1. The maximum Gasteiger partial charge on any atom is -0.0136 e. The smallest absolute Gasteiger partial charge is 0.0136 e. The van der Waals surface area contributed by atoms with Crippen LogP contribution in [0.4, 0.5) is 0 Å². The summed E-state index contributed by atoms with van der Waals surface area (Å²) in [5, 5.41) is 0. The van der Waals surface area contributed by atoms with Gasteiger partial charge in [0.2, 0.25) is 0 Å². The van der Waals surface area contributed by atoms with Gasteiger partial charge in [0.15, 0.2) is 0 Å². The van der Waals surface area contributed by atoms with E-state index in [1.165, 1.54) is 16.7 Å². The van der Waals surface area contributed by atoms with Crippen molar-refractivity contribution in [1.29, 1.82) is 0 Å². The Balaban J connectivity index is 2.44. The van der Waals surface area contributed by atoms with Crippen LogP contribution in [-0.2, 0) is 0 Å². The number of allylic oxidation sites excluding steroid dienone is 5. The van der Waals surface area contributed by atoms with Gasteiger partial charge in [0.1, 0.15) is 0 Å². The Bertz CT molecular complexity index is 387. The second-order valence-electron chi connectivity index (χ2n) is 4.18. The monoisotopic (exact) mass is 212 g/mol. The SMILES string of the molecule is CC(C)=C(C)C/C=C/C=C/c1ccccc1. The van der Waals surface area contributed by atoms with Crippen molar-refractivity contribution in [3.8, 4) is 0 Å². The number of hydrogen-bond donors (Lipinski definition) is 0. The summed E-state index contributed by atoms with van der Waals surface area (Å²) in [7, 11) is 0. The highest BCUT2D eigenvalue weighted by Gasteiger charge is 1.86. The first-order valence-corrected chi connectivity index (χ1v) is 5.71. The van der Waals surface area contributed by atoms with Crippen LogP contribution in [0.25, 0.3) is 6.08 Å². The van der Waals surface area contributed by atoms with E-state index in [1.807, 2.05) is 6.07 Å². The number of hydrogen-bond acceptors (Lipinski definition) is 0. The molecule has 0 aliphatic heterocycles. The average Bonchev–Trinajstić information content (AvgIpc) is 2.29. The predicted octanol–water partition coefficient (Wildman–Crippen LogP) is 5.00. The van der Waals surface area contributed by atoms with Gasteiger partial charge in [0, 0.05) is 0 Å². The summed E-state index contributed by atoms with van der Waals surface area (Å²) in [6.07, 6.45) is 9.56. The molecule has 0 unspecified atom stereocenters. The van der Waals surface area contributed by atoms with Crippen molar-refractivity contribution in [2.24, 2.45) is 0 Å². The molecule has 0 amide bonds. The average molecular weight is 212 g/mol. The van der Waals surface area contributed by atoms with E-state index in [2.05, 4.69) is 69.3 Å². The summed E-state index contributed by atoms with van der Waals surface area (Å²) in [5.74, 6) is 0. The molecule has 0 atom stereocenters. The van der Waals surface area contributed by atoms with E-state index in [-0.39, 0.29) is 0 Å². The normalized spacial score (nSPS) is 11.2. The Morgan fingerprint density at radius 2 is 1.69 bits per heavy atom. The van der Waals surface area contributed by atoms with Crippen LogP contribution in [-0.4, -0.2) is 0 Å². The molecule has 0 nitrogen and oxygen atoms in total. The Morgan fingerprint density at radius 1 is 1.00 bits per heavy atom. The van der Waals surface area contributed by atoms with Crippen LogP contribution in [0.5, 0.6) is 0 Å². The zero-order chi connectivity index (χ0) is 11.8. The van der Waals surface area contributed by atoms with Crippen LogP contribution in [0.2, 0.25) is 0 Å². The fourth-order valence-corrected chi connectivity index (χ4v) is 1.26. The van der Waals surface area contributed by atoms with Crippen molar-refractivity contribution in [3.63, 3.8) is 0 Å². The third kappa shape index (κ3) is 4.79. The third-order valence-corrected chi connectivity index (χ3v) is 2.61. The molecular formula is C16H20. The van der Waals surface area contributed by atoms with Gasteiger partial charge < -0.3 is 0 Å². The molecule has 16 heavy (non-hydrogen) atoms. The zero-order valence-electron chi connectivity index (χ0n) is 10.4. The highest BCUT2D eigenvalue weighted by molar-refractivity contribution is 5.50. The highest BCUT2D eigenvalue weighted by Crippen LogP contribution is 2.07. The van der Waals surface area contributed by atoms with Crippen molar-refractivity contribution >= 4 is 6.08 Å². The van der Waals surface area contributed by atoms with Gasteiger partial charge in [0.05, 0.1) is 0 Å². The van der Waals surface area contributed by atoms with Crippen LogP contribution in [0.1, 0.15) is 32.8 Å². The summed E-state index contributed by atoms with van der Waals surface area (Å²) in [6.45, 7) is 6.49. The minimum absolute atomic E-state index is 1.04. The minimum Gasteiger partial charge on any atom is -0.0805 e. The minimum atomic E-state index is 1.04. The van der Waals surface area contributed by atoms with E-state index < -0.39 is 0 Å². The molecule has 0 saturated heterocycles. The molecule has 0 radical (unpaired) electrons. The van der Waals surface area contributed by atoms with Gasteiger partial charge in [-0.15, -0.1) is 0 Å². The first-order valence-electron chi connectivity index (χ1n) is 5.71.